The Bertz CT molecular complexity index is 549. The van der Waals surface area contributed by atoms with Crippen LogP contribution in [0.4, 0.5) is 0 Å². The van der Waals surface area contributed by atoms with E-state index in [4.69, 9.17) is 4.74 Å². The van der Waals surface area contributed by atoms with Gasteiger partial charge >= 0.3 is 0 Å². The first kappa shape index (κ1) is 17.0. The zero-order chi connectivity index (χ0) is 15.6. The first-order valence-corrected chi connectivity index (χ1v) is 8.54. The molecule has 1 atom stereocenters. The van der Waals surface area contributed by atoms with E-state index in [0.717, 1.165) is 18.7 Å². The number of nitrogens with zero attached hydrogens (tertiary/aromatic N) is 2. The highest BCUT2D eigenvalue weighted by Crippen LogP contribution is 2.36. The molecule has 0 aliphatic heterocycles. The molecule has 1 aromatic heterocycles. The molecule has 116 valence electrons. The summed E-state index contributed by atoms with van der Waals surface area (Å²) in [6.45, 7) is 6.21. The molecule has 1 aromatic rings. The van der Waals surface area contributed by atoms with Crippen molar-refractivity contribution in [1.82, 2.24) is 15.1 Å². The summed E-state index contributed by atoms with van der Waals surface area (Å²) in [5.74, 6) is 0.595. The van der Waals surface area contributed by atoms with Crippen molar-refractivity contribution in [3.63, 3.8) is 0 Å². The maximum Gasteiger partial charge on any atom is 0.161 e. The van der Waals surface area contributed by atoms with Crippen LogP contribution in [0.1, 0.15) is 38.9 Å². The normalized spacial score (nSPS) is 14.3. The Hall–Kier alpha value is -1.08. The summed E-state index contributed by atoms with van der Waals surface area (Å²) in [4.78, 5) is 0. The van der Waals surface area contributed by atoms with Crippen molar-refractivity contribution in [2.24, 2.45) is 7.05 Å². The van der Waals surface area contributed by atoms with E-state index in [1.165, 1.54) is 6.26 Å². The average molecular weight is 303 g/mol. The van der Waals surface area contributed by atoms with Crippen LogP contribution in [0.15, 0.2) is 6.20 Å². The fraction of sp³-hybridized carbons (Fsp3) is 0.769. The number of aromatic nitrogens is 2. The van der Waals surface area contributed by atoms with Crippen LogP contribution in [-0.4, -0.2) is 42.9 Å². The monoisotopic (exact) mass is 303 g/mol. The third-order valence-electron chi connectivity index (χ3n) is 3.69. The van der Waals surface area contributed by atoms with E-state index in [2.05, 4.69) is 10.4 Å². The van der Waals surface area contributed by atoms with Gasteiger partial charge in [0.15, 0.2) is 15.6 Å². The van der Waals surface area contributed by atoms with Gasteiger partial charge in [0.1, 0.15) is 0 Å². The Labute approximate surface area is 121 Å². The van der Waals surface area contributed by atoms with Crippen molar-refractivity contribution < 1.29 is 13.2 Å². The molecule has 0 saturated carbocycles. The Balaban J connectivity index is 3.36. The number of ether oxygens (including phenoxy) is 1. The largest absolute Gasteiger partial charge is 0.493 e. The number of hydrogen-bond acceptors (Lipinski definition) is 5. The van der Waals surface area contributed by atoms with Gasteiger partial charge < -0.3 is 10.1 Å². The summed E-state index contributed by atoms with van der Waals surface area (Å²) in [6, 6.07) is -0.389. The third kappa shape index (κ3) is 3.15. The second kappa shape index (κ2) is 6.13. The van der Waals surface area contributed by atoms with Gasteiger partial charge in [-0.2, -0.15) is 5.10 Å². The summed E-state index contributed by atoms with van der Waals surface area (Å²) in [7, 11) is 0.0899. The third-order valence-corrected chi connectivity index (χ3v) is 5.84. The zero-order valence-electron chi connectivity index (χ0n) is 13.1. The van der Waals surface area contributed by atoms with Crippen molar-refractivity contribution >= 4 is 9.84 Å². The van der Waals surface area contributed by atoms with Gasteiger partial charge in [0.25, 0.3) is 0 Å². The van der Waals surface area contributed by atoms with Gasteiger partial charge in [-0.1, -0.05) is 6.92 Å². The van der Waals surface area contributed by atoms with Gasteiger partial charge in [0, 0.05) is 13.3 Å². The van der Waals surface area contributed by atoms with Crippen LogP contribution in [0.25, 0.3) is 0 Å². The second-order valence-electron chi connectivity index (χ2n) is 5.48. The zero-order valence-corrected chi connectivity index (χ0v) is 13.9. The Morgan fingerprint density at radius 2 is 2.10 bits per heavy atom. The number of sulfone groups is 1. The maximum atomic E-state index is 12.2. The van der Waals surface area contributed by atoms with E-state index in [-0.39, 0.29) is 6.04 Å². The lowest BCUT2D eigenvalue weighted by Crippen LogP contribution is -2.46. The molecule has 7 heteroatoms. The van der Waals surface area contributed by atoms with E-state index >= 15 is 0 Å². The molecule has 20 heavy (non-hydrogen) atoms. The smallest absolute Gasteiger partial charge is 0.161 e. The molecule has 1 heterocycles. The minimum absolute atomic E-state index is 0.389. The molecule has 0 spiro atoms. The first-order valence-electron chi connectivity index (χ1n) is 6.65. The topological polar surface area (TPSA) is 73.2 Å². The Kier molecular flexibility index (Phi) is 5.21. The van der Waals surface area contributed by atoms with Crippen molar-refractivity contribution in [3.8, 4) is 5.75 Å². The molecule has 0 fully saturated rings. The highest BCUT2D eigenvalue weighted by atomic mass is 32.2. The van der Waals surface area contributed by atoms with Gasteiger partial charge in [-0.15, -0.1) is 0 Å². The predicted molar refractivity (Wildman–Crippen MR) is 79.7 cm³/mol. The molecule has 0 radical (unpaired) electrons. The SMILES string of the molecule is CCCNC(c1c(OC)cnn1C)C(C)(C)S(C)(=O)=O. The molecule has 1 unspecified atom stereocenters. The minimum atomic E-state index is -3.26. The second-order valence-corrected chi connectivity index (χ2v) is 8.08. The molecule has 0 aliphatic rings. The lowest BCUT2D eigenvalue weighted by atomic mass is 9.99. The van der Waals surface area contributed by atoms with E-state index in [1.54, 1.807) is 38.9 Å². The fourth-order valence-electron chi connectivity index (χ4n) is 2.09. The van der Waals surface area contributed by atoms with Crippen LogP contribution < -0.4 is 10.1 Å². The minimum Gasteiger partial charge on any atom is -0.493 e. The molecule has 1 N–H and O–H groups in total. The number of aryl methyl sites for hydroxylation is 1. The summed E-state index contributed by atoms with van der Waals surface area (Å²) in [5.41, 5.74) is 0.747. The van der Waals surface area contributed by atoms with E-state index < -0.39 is 14.6 Å². The van der Waals surface area contributed by atoms with Crippen LogP contribution in [0.3, 0.4) is 0 Å². The van der Waals surface area contributed by atoms with Gasteiger partial charge in [-0.3, -0.25) is 4.68 Å². The summed E-state index contributed by atoms with van der Waals surface area (Å²) < 4.78 is 30.3. The lowest BCUT2D eigenvalue weighted by molar-refractivity contribution is 0.364. The molecular weight excluding hydrogens is 278 g/mol. The summed E-state index contributed by atoms with van der Waals surface area (Å²) in [5, 5.41) is 7.48. The first-order chi connectivity index (χ1) is 9.16. The lowest BCUT2D eigenvalue weighted by Gasteiger charge is -2.33. The summed E-state index contributed by atoms with van der Waals surface area (Å²) >= 11 is 0. The highest BCUT2D eigenvalue weighted by molar-refractivity contribution is 7.92. The van der Waals surface area contributed by atoms with E-state index in [0.29, 0.717) is 5.75 Å². The quantitative estimate of drug-likeness (QED) is 0.822. The number of methoxy groups -OCH3 is 1. The van der Waals surface area contributed by atoms with Crippen LogP contribution in [0.5, 0.6) is 5.75 Å². The van der Waals surface area contributed by atoms with E-state index in [1.807, 2.05) is 6.92 Å². The molecule has 0 saturated heterocycles. The molecule has 6 nitrogen and oxygen atoms in total. The fourth-order valence-corrected chi connectivity index (χ4v) is 2.71. The molecule has 0 aromatic carbocycles. The van der Waals surface area contributed by atoms with Crippen LogP contribution in [0, 0.1) is 0 Å². The van der Waals surface area contributed by atoms with Gasteiger partial charge in [0.2, 0.25) is 0 Å². The van der Waals surface area contributed by atoms with Crippen molar-refractivity contribution in [2.45, 2.75) is 38.0 Å². The van der Waals surface area contributed by atoms with Crippen LogP contribution in [0.2, 0.25) is 0 Å². The van der Waals surface area contributed by atoms with E-state index in [9.17, 15) is 8.42 Å². The van der Waals surface area contributed by atoms with Crippen molar-refractivity contribution in [1.29, 1.82) is 0 Å². The summed E-state index contributed by atoms with van der Waals surface area (Å²) in [6.07, 6.45) is 3.78. The van der Waals surface area contributed by atoms with Crippen molar-refractivity contribution in [2.75, 3.05) is 19.9 Å². The molecule has 0 amide bonds. The number of nitrogens with one attached hydrogen (secondary N) is 1. The Morgan fingerprint density at radius 1 is 1.50 bits per heavy atom. The predicted octanol–water partition coefficient (Wildman–Crippen LogP) is 1.29. The van der Waals surface area contributed by atoms with Crippen molar-refractivity contribution in [3.05, 3.63) is 11.9 Å². The average Bonchev–Trinajstić information content (AvgIpc) is 2.70. The van der Waals surface area contributed by atoms with Gasteiger partial charge in [0.05, 0.1) is 29.8 Å². The van der Waals surface area contributed by atoms with Crippen LogP contribution in [-0.2, 0) is 16.9 Å². The molecule has 0 aliphatic carbocycles. The standard InChI is InChI=1S/C13H25N3O3S/c1-7-8-14-12(13(2,3)20(6,17)18)11-10(19-5)9-15-16(11)4/h9,12,14H,7-8H2,1-6H3. The maximum absolute atomic E-state index is 12.2. The highest BCUT2D eigenvalue weighted by Gasteiger charge is 2.42. The molecule has 0 bridgehead atoms. The molecular formula is C13H25N3O3S. The number of rotatable bonds is 7. The van der Waals surface area contributed by atoms with Gasteiger partial charge in [-0.25, -0.2) is 8.42 Å². The molecule has 1 rings (SSSR count). The Morgan fingerprint density at radius 3 is 2.55 bits per heavy atom. The van der Waals surface area contributed by atoms with Gasteiger partial charge in [-0.05, 0) is 26.8 Å². The number of hydrogen-bond donors (Lipinski definition) is 1. The van der Waals surface area contributed by atoms with Crippen LogP contribution >= 0.6 is 0 Å².